The van der Waals surface area contributed by atoms with E-state index in [2.05, 4.69) is 16.5 Å². The lowest BCUT2D eigenvalue weighted by Gasteiger charge is -2.27. The summed E-state index contributed by atoms with van der Waals surface area (Å²) in [4.78, 5) is 12.9. The van der Waals surface area contributed by atoms with Gasteiger partial charge in [-0.1, -0.05) is 29.4 Å². The SMILES string of the molecule is Cc1noc(C)c1C(C)(C)C(=O)N[C@@H]1Cc2ccccc2[C@H]1N.Cl. The predicted octanol–water partition coefficient (Wildman–Crippen LogP) is 2.73. The second kappa shape index (κ2) is 6.57. The summed E-state index contributed by atoms with van der Waals surface area (Å²) in [6.07, 6.45) is 0.765. The van der Waals surface area contributed by atoms with Crippen molar-refractivity contribution in [1.82, 2.24) is 10.5 Å². The maximum Gasteiger partial charge on any atom is 0.230 e. The van der Waals surface area contributed by atoms with Crippen LogP contribution in [0.2, 0.25) is 0 Å². The third-order valence-electron chi connectivity index (χ3n) is 4.83. The van der Waals surface area contributed by atoms with Gasteiger partial charge in [0.2, 0.25) is 5.91 Å². The Labute approximate surface area is 148 Å². The summed E-state index contributed by atoms with van der Waals surface area (Å²) in [7, 11) is 0. The van der Waals surface area contributed by atoms with Gasteiger partial charge in [0, 0.05) is 5.56 Å². The number of nitrogens with one attached hydrogen (secondary N) is 1. The molecule has 1 aliphatic rings. The van der Waals surface area contributed by atoms with Crippen molar-refractivity contribution in [2.24, 2.45) is 5.73 Å². The number of carbonyl (C=O) groups excluding carboxylic acids is 1. The van der Waals surface area contributed by atoms with Crippen LogP contribution in [0.5, 0.6) is 0 Å². The summed E-state index contributed by atoms with van der Waals surface area (Å²) in [5.41, 5.74) is 9.52. The number of aryl methyl sites for hydroxylation is 2. The molecule has 1 aromatic carbocycles. The summed E-state index contributed by atoms with van der Waals surface area (Å²) in [6, 6.07) is 7.84. The fourth-order valence-corrected chi connectivity index (χ4v) is 3.60. The first-order valence-electron chi connectivity index (χ1n) is 7.90. The van der Waals surface area contributed by atoms with Crippen LogP contribution in [0, 0.1) is 13.8 Å². The molecule has 6 heteroatoms. The zero-order chi connectivity index (χ0) is 16.8. The van der Waals surface area contributed by atoms with Crippen molar-refractivity contribution < 1.29 is 9.32 Å². The van der Waals surface area contributed by atoms with Crippen molar-refractivity contribution >= 4 is 18.3 Å². The average Bonchev–Trinajstić information content (AvgIpc) is 3.00. The number of halogens is 1. The van der Waals surface area contributed by atoms with Gasteiger partial charge in [-0.05, 0) is 45.2 Å². The predicted molar refractivity (Wildman–Crippen MR) is 95.3 cm³/mol. The van der Waals surface area contributed by atoms with Gasteiger partial charge in [-0.25, -0.2) is 0 Å². The second-order valence-electron chi connectivity index (χ2n) is 6.83. The quantitative estimate of drug-likeness (QED) is 0.892. The van der Waals surface area contributed by atoms with Crippen molar-refractivity contribution in [2.45, 2.75) is 51.6 Å². The molecule has 24 heavy (non-hydrogen) atoms. The molecule has 1 heterocycles. The van der Waals surface area contributed by atoms with Crippen molar-refractivity contribution in [3.05, 3.63) is 52.4 Å². The van der Waals surface area contributed by atoms with E-state index in [9.17, 15) is 4.79 Å². The normalized spacial score (nSPS) is 19.5. The summed E-state index contributed by atoms with van der Waals surface area (Å²) in [5, 5.41) is 7.09. The molecule has 2 aromatic rings. The van der Waals surface area contributed by atoms with Gasteiger partial charge in [0.1, 0.15) is 5.76 Å². The second-order valence-corrected chi connectivity index (χ2v) is 6.83. The van der Waals surface area contributed by atoms with E-state index >= 15 is 0 Å². The summed E-state index contributed by atoms with van der Waals surface area (Å²) in [5.74, 6) is 0.627. The summed E-state index contributed by atoms with van der Waals surface area (Å²) < 4.78 is 5.22. The molecule has 1 amide bonds. The van der Waals surface area contributed by atoms with E-state index in [0.717, 1.165) is 23.2 Å². The Morgan fingerprint density at radius 3 is 2.58 bits per heavy atom. The lowest BCUT2D eigenvalue weighted by molar-refractivity contribution is -0.126. The minimum Gasteiger partial charge on any atom is -0.361 e. The van der Waals surface area contributed by atoms with Gasteiger partial charge in [0.25, 0.3) is 0 Å². The van der Waals surface area contributed by atoms with E-state index in [-0.39, 0.29) is 30.4 Å². The molecular formula is C18H24ClN3O2. The Bertz CT molecular complexity index is 735. The van der Waals surface area contributed by atoms with Gasteiger partial charge < -0.3 is 15.6 Å². The number of nitrogens with zero attached hydrogens (tertiary/aromatic N) is 1. The van der Waals surface area contributed by atoms with E-state index in [1.807, 2.05) is 45.9 Å². The molecule has 0 fully saturated rings. The first-order chi connectivity index (χ1) is 10.8. The maximum absolute atomic E-state index is 12.9. The highest BCUT2D eigenvalue weighted by Crippen LogP contribution is 2.32. The number of fused-ring (bicyclic) bond motifs is 1. The molecule has 0 unspecified atom stereocenters. The van der Waals surface area contributed by atoms with Gasteiger partial charge in [-0.3, -0.25) is 4.79 Å². The molecule has 1 aliphatic carbocycles. The van der Waals surface area contributed by atoms with E-state index in [1.165, 1.54) is 5.56 Å². The molecule has 3 N–H and O–H groups in total. The Balaban J connectivity index is 0.00000208. The van der Waals surface area contributed by atoms with Crippen LogP contribution in [-0.2, 0) is 16.6 Å². The van der Waals surface area contributed by atoms with Gasteiger partial charge in [-0.2, -0.15) is 0 Å². The lowest BCUT2D eigenvalue weighted by atomic mass is 9.82. The number of aromatic nitrogens is 1. The Morgan fingerprint density at radius 2 is 2.00 bits per heavy atom. The van der Waals surface area contributed by atoms with Crippen molar-refractivity contribution in [1.29, 1.82) is 0 Å². The monoisotopic (exact) mass is 349 g/mol. The molecule has 5 nitrogen and oxygen atoms in total. The molecular weight excluding hydrogens is 326 g/mol. The van der Waals surface area contributed by atoms with Crippen LogP contribution >= 0.6 is 12.4 Å². The molecule has 0 saturated heterocycles. The number of benzene rings is 1. The fourth-order valence-electron chi connectivity index (χ4n) is 3.60. The van der Waals surface area contributed by atoms with Crippen molar-refractivity contribution in [3.63, 3.8) is 0 Å². The number of carbonyl (C=O) groups is 1. The van der Waals surface area contributed by atoms with Crippen molar-refractivity contribution in [3.8, 4) is 0 Å². The van der Waals surface area contributed by atoms with Gasteiger partial charge in [0.15, 0.2) is 0 Å². The first-order valence-corrected chi connectivity index (χ1v) is 7.90. The average molecular weight is 350 g/mol. The number of amides is 1. The van der Waals surface area contributed by atoms with Crippen molar-refractivity contribution in [2.75, 3.05) is 0 Å². The minimum atomic E-state index is -0.720. The third kappa shape index (κ3) is 2.94. The molecule has 0 saturated carbocycles. The maximum atomic E-state index is 12.9. The molecule has 0 aliphatic heterocycles. The van der Waals surface area contributed by atoms with Gasteiger partial charge in [-0.15, -0.1) is 12.4 Å². The van der Waals surface area contributed by atoms with E-state index in [4.69, 9.17) is 10.3 Å². The standard InChI is InChI=1S/C18H23N3O2.ClH/c1-10-15(11(2)23-21-10)18(3,4)17(22)20-14-9-12-7-5-6-8-13(12)16(14)19;/h5-8,14,16H,9,19H2,1-4H3,(H,20,22);1H/t14-,16-;/m1./s1. The van der Waals surface area contributed by atoms with Crippen LogP contribution in [0.4, 0.5) is 0 Å². The topological polar surface area (TPSA) is 81.2 Å². The van der Waals surface area contributed by atoms with Crippen LogP contribution in [0.3, 0.4) is 0 Å². The molecule has 3 rings (SSSR count). The molecule has 0 spiro atoms. The number of rotatable bonds is 3. The first kappa shape index (κ1) is 18.5. The summed E-state index contributed by atoms with van der Waals surface area (Å²) >= 11 is 0. The van der Waals surface area contributed by atoms with Gasteiger partial charge >= 0.3 is 0 Å². The molecule has 2 atom stereocenters. The number of nitrogens with two attached hydrogens (primary N) is 1. The molecule has 0 bridgehead atoms. The van der Waals surface area contributed by atoms with Crippen LogP contribution in [0.25, 0.3) is 0 Å². The summed E-state index contributed by atoms with van der Waals surface area (Å²) in [6.45, 7) is 7.48. The number of hydrogen-bond donors (Lipinski definition) is 2. The molecule has 130 valence electrons. The smallest absolute Gasteiger partial charge is 0.230 e. The molecule has 1 aromatic heterocycles. The molecule has 0 radical (unpaired) electrons. The van der Waals surface area contributed by atoms with Gasteiger partial charge in [0.05, 0.1) is 23.2 Å². The highest BCUT2D eigenvalue weighted by Gasteiger charge is 2.39. The Morgan fingerprint density at radius 1 is 1.33 bits per heavy atom. The highest BCUT2D eigenvalue weighted by molar-refractivity contribution is 5.88. The van der Waals surface area contributed by atoms with Crippen LogP contribution < -0.4 is 11.1 Å². The zero-order valence-corrected chi connectivity index (χ0v) is 15.2. The minimum absolute atomic E-state index is 0. The lowest BCUT2D eigenvalue weighted by Crippen LogP contribution is -2.48. The third-order valence-corrected chi connectivity index (χ3v) is 4.83. The largest absolute Gasteiger partial charge is 0.361 e. The number of hydrogen-bond acceptors (Lipinski definition) is 4. The van der Waals surface area contributed by atoms with E-state index in [1.54, 1.807) is 0 Å². The highest BCUT2D eigenvalue weighted by atomic mass is 35.5. The Kier molecular flexibility index (Phi) is 5.06. The van der Waals surface area contributed by atoms with Crippen LogP contribution in [0.15, 0.2) is 28.8 Å². The van der Waals surface area contributed by atoms with Crippen LogP contribution in [0.1, 0.15) is 48.0 Å². The zero-order valence-electron chi connectivity index (χ0n) is 14.4. The fraction of sp³-hybridized carbons (Fsp3) is 0.444. The van der Waals surface area contributed by atoms with E-state index < -0.39 is 5.41 Å². The van der Waals surface area contributed by atoms with E-state index in [0.29, 0.717) is 5.76 Å². The Hall–Kier alpha value is -1.85. The van der Waals surface area contributed by atoms with Crippen LogP contribution in [-0.4, -0.2) is 17.1 Å².